The first-order chi connectivity index (χ1) is 7.38. The summed E-state index contributed by atoms with van der Waals surface area (Å²) in [6, 6.07) is 0.523. The van der Waals surface area contributed by atoms with Gasteiger partial charge in [-0.1, -0.05) is 0 Å². The van der Waals surface area contributed by atoms with E-state index in [-0.39, 0.29) is 6.61 Å². The lowest BCUT2D eigenvalue weighted by atomic mass is 10.2. The molecule has 0 saturated carbocycles. The Labute approximate surface area is 96.1 Å². The highest BCUT2D eigenvalue weighted by Gasteiger charge is 2.21. The summed E-state index contributed by atoms with van der Waals surface area (Å²) in [6.45, 7) is 4.35. The van der Waals surface area contributed by atoms with E-state index in [1.54, 1.807) is 0 Å². The number of aliphatic hydroxyl groups excluding tert-OH is 1. The van der Waals surface area contributed by atoms with Crippen LogP contribution < -0.4 is 5.73 Å². The summed E-state index contributed by atoms with van der Waals surface area (Å²) in [5.74, 6) is 2.33. The first kappa shape index (κ1) is 13.3. The van der Waals surface area contributed by atoms with Crippen molar-refractivity contribution in [3.63, 3.8) is 0 Å². The van der Waals surface area contributed by atoms with E-state index in [9.17, 15) is 0 Å². The lowest BCUT2D eigenvalue weighted by Crippen LogP contribution is -2.44. The molecule has 0 aromatic heterocycles. The lowest BCUT2D eigenvalue weighted by molar-refractivity contribution is 0.0895. The third-order valence-electron chi connectivity index (χ3n) is 2.60. The highest BCUT2D eigenvalue weighted by atomic mass is 32.2. The zero-order chi connectivity index (χ0) is 10.9. The zero-order valence-electron chi connectivity index (χ0n) is 9.23. The van der Waals surface area contributed by atoms with Gasteiger partial charge in [0.15, 0.2) is 0 Å². The predicted molar refractivity (Wildman–Crippen MR) is 64.3 cm³/mol. The van der Waals surface area contributed by atoms with Gasteiger partial charge < -0.3 is 15.6 Å². The molecule has 1 aliphatic heterocycles. The molecule has 15 heavy (non-hydrogen) atoms. The molecular formula is C10H22N2O2S. The maximum Gasteiger partial charge on any atom is 0.0594 e. The molecule has 0 radical (unpaired) electrons. The Bertz CT molecular complexity index is 158. The molecule has 0 aromatic carbocycles. The van der Waals surface area contributed by atoms with Gasteiger partial charge in [0.25, 0.3) is 0 Å². The van der Waals surface area contributed by atoms with Gasteiger partial charge in [-0.25, -0.2) is 0 Å². The Kier molecular flexibility index (Phi) is 7.38. The van der Waals surface area contributed by atoms with Crippen molar-refractivity contribution in [2.45, 2.75) is 12.5 Å². The molecule has 1 atom stereocenters. The summed E-state index contributed by atoms with van der Waals surface area (Å²) >= 11 is 1.98. The van der Waals surface area contributed by atoms with Crippen LogP contribution in [0.2, 0.25) is 0 Å². The zero-order valence-corrected chi connectivity index (χ0v) is 10.0. The molecule has 1 aliphatic rings. The monoisotopic (exact) mass is 234 g/mol. The summed E-state index contributed by atoms with van der Waals surface area (Å²) < 4.78 is 5.38. The minimum Gasteiger partial charge on any atom is -0.396 e. The molecule has 0 aliphatic carbocycles. The first-order valence-corrected chi connectivity index (χ1v) is 6.74. The van der Waals surface area contributed by atoms with E-state index in [4.69, 9.17) is 15.6 Å². The second-order valence-electron chi connectivity index (χ2n) is 3.68. The number of thioether (sulfide) groups is 1. The van der Waals surface area contributed by atoms with Gasteiger partial charge in [-0.2, -0.15) is 11.8 Å². The van der Waals surface area contributed by atoms with Crippen LogP contribution in [0.15, 0.2) is 0 Å². The summed E-state index contributed by atoms with van der Waals surface area (Å²) in [4.78, 5) is 2.42. The normalized spacial score (nSPS) is 23.2. The molecule has 1 unspecified atom stereocenters. The summed E-state index contributed by atoms with van der Waals surface area (Å²) in [5, 5.41) is 8.96. The van der Waals surface area contributed by atoms with Crippen molar-refractivity contribution in [3.05, 3.63) is 0 Å². The van der Waals surface area contributed by atoms with Crippen LogP contribution in [0.3, 0.4) is 0 Å². The van der Waals surface area contributed by atoms with Crippen molar-refractivity contribution in [1.29, 1.82) is 0 Å². The Morgan fingerprint density at radius 1 is 1.47 bits per heavy atom. The van der Waals surface area contributed by atoms with Crippen molar-refractivity contribution < 1.29 is 9.84 Å². The molecule has 0 amide bonds. The highest BCUT2D eigenvalue weighted by molar-refractivity contribution is 7.99. The van der Waals surface area contributed by atoms with Gasteiger partial charge in [0.1, 0.15) is 0 Å². The number of nitrogens with zero attached hydrogens (tertiary/aromatic N) is 1. The van der Waals surface area contributed by atoms with E-state index in [0.29, 0.717) is 19.2 Å². The fraction of sp³-hybridized carbons (Fsp3) is 1.00. The largest absolute Gasteiger partial charge is 0.396 e. The standard InChI is InChI=1S/C10H22N2O2S/c11-2-6-14-7-3-12-4-8-15-9-10(12)1-5-13/h10,13H,1-9,11H2. The molecule has 0 spiro atoms. The molecule has 0 bridgehead atoms. The third-order valence-corrected chi connectivity index (χ3v) is 3.69. The number of hydrogen-bond donors (Lipinski definition) is 2. The van der Waals surface area contributed by atoms with E-state index in [0.717, 1.165) is 31.9 Å². The van der Waals surface area contributed by atoms with Crippen LogP contribution in [0.25, 0.3) is 0 Å². The minimum absolute atomic E-state index is 0.283. The fourth-order valence-corrected chi connectivity index (χ4v) is 2.95. The van der Waals surface area contributed by atoms with Gasteiger partial charge in [0, 0.05) is 43.8 Å². The van der Waals surface area contributed by atoms with Crippen LogP contribution in [-0.2, 0) is 4.74 Å². The van der Waals surface area contributed by atoms with Crippen LogP contribution in [0.4, 0.5) is 0 Å². The smallest absolute Gasteiger partial charge is 0.0594 e. The van der Waals surface area contributed by atoms with E-state index < -0.39 is 0 Å². The third kappa shape index (κ3) is 5.17. The lowest BCUT2D eigenvalue weighted by Gasteiger charge is -2.34. The second kappa shape index (κ2) is 8.35. The molecule has 1 rings (SSSR count). The number of rotatable bonds is 7. The molecule has 1 heterocycles. The average molecular weight is 234 g/mol. The number of ether oxygens (including phenoxy) is 1. The molecule has 1 fully saturated rings. The number of nitrogens with two attached hydrogens (primary N) is 1. The Morgan fingerprint density at radius 2 is 2.33 bits per heavy atom. The van der Waals surface area contributed by atoms with Crippen molar-refractivity contribution >= 4 is 11.8 Å². The minimum atomic E-state index is 0.283. The topological polar surface area (TPSA) is 58.7 Å². The summed E-state index contributed by atoms with van der Waals surface area (Å²) in [6.07, 6.45) is 0.879. The van der Waals surface area contributed by atoms with E-state index in [1.807, 2.05) is 11.8 Å². The van der Waals surface area contributed by atoms with E-state index in [2.05, 4.69) is 4.90 Å². The maximum absolute atomic E-state index is 8.96. The molecule has 4 nitrogen and oxygen atoms in total. The summed E-state index contributed by atoms with van der Waals surface area (Å²) in [7, 11) is 0. The SMILES string of the molecule is NCCOCCN1CCSCC1CCO. The number of aliphatic hydroxyl groups is 1. The van der Waals surface area contributed by atoms with Crippen LogP contribution in [0.5, 0.6) is 0 Å². The van der Waals surface area contributed by atoms with Gasteiger partial charge in [-0.05, 0) is 6.42 Å². The van der Waals surface area contributed by atoms with Gasteiger partial charge in [0.2, 0.25) is 0 Å². The number of hydrogen-bond acceptors (Lipinski definition) is 5. The van der Waals surface area contributed by atoms with Gasteiger partial charge >= 0.3 is 0 Å². The molecule has 3 N–H and O–H groups in total. The first-order valence-electron chi connectivity index (χ1n) is 5.59. The van der Waals surface area contributed by atoms with E-state index in [1.165, 1.54) is 5.75 Å². The molecule has 0 aromatic rings. The Morgan fingerprint density at radius 3 is 3.07 bits per heavy atom. The molecular weight excluding hydrogens is 212 g/mol. The van der Waals surface area contributed by atoms with Crippen LogP contribution in [0.1, 0.15) is 6.42 Å². The maximum atomic E-state index is 8.96. The predicted octanol–water partition coefficient (Wildman–Crippen LogP) is -0.238. The second-order valence-corrected chi connectivity index (χ2v) is 4.83. The van der Waals surface area contributed by atoms with Gasteiger partial charge in [0.05, 0.1) is 13.2 Å². The van der Waals surface area contributed by atoms with Crippen molar-refractivity contribution in [3.8, 4) is 0 Å². The highest BCUT2D eigenvalue weighted by Crippen LogP contribution is 2.18. The van der Waals surface area contributed by atoms with Gasteiger partial charge in [-0.3, -0.25) is 4.90 Å². The Hall–Kier alpha value is 0.190. The van der Waals surface area contributed by atoms with E-state index >= 15 is 0 Å². The van der Waals surface area contributed by atoms with Crippen LogP contribution in [0, 0.1) is 0 Å². The van der Waals surface area contributed by atoms with Gasteiger partial charge in [-0.15, -0.1) is 0 Å². The summed E-state index contributed by atoms with van der Waals surface area (Å²) in [5.41, 5.74) is 5.35. The van der Waals surface area contributed by atoms with Crippen molar-refractivity contribution in [2.75, 3.05) is 51.0 Å². The van der Waals surface area contributed by atoms with Crippen LogP contribution in [-0.4, -0.2) is 67.0 Å². The average Bonchev–Trinajstić information content (AvgIpc) is 2.27. The van der Waals surface area contributed by atoms with Crippen molar-refractivity contribution in [2.24, 2.45) is 5.73 Å². The quantitative estimate of drug-likeness (QED) is 0.596. The van der Waals surface area contributed by atoms with Crippen molar-refractivity contribution in [1.82, 2.24) is 4.90 Å². The fourth-order valence-electron chi connectivity index (χ4n) is 1.77. The molecule has 5 heteroatoms. The Balaban J connectivity index is 2.17. The molecule has 1 saturated heterocycles. The molecule has 90 valence electrons. The van der Waals surface area contributed by atoms with Crippen LogP contribution >= 0.6 is 11.8 Å².